The number of nitrogens with one attached hydrogen (secondary N) is 1. The normalized spacial score (nSPS) is 14.8. The van der Waals surface area contributed by atoms with E-state index in [4.69, 9.17) is 16.3 Å². The van der Waals surface area contributed by atoms with Gasteiger partial charge in [-0.3, -0.25) is 4.72 Å². The van der Waals surface area contributed by atoms with Gasteiger partial charge in [0.15, 0.2) is 0 Å². The van der Waals surface area contributed by atoms with Crippen LogP contribution in [0.15, 0.2) is 65.8 Å². The number of rotatable bonds is 4. The molecule has 6 nitrogen and oxygen atoms in total. The number of pyridine rings is 1. The second-order valence-electron chi connectivity index (χ2n) is 8.41. The molecule has 0 unspecified atom stereocenters. The Hall–Kier alpha value is -2.77. The minimum absolute atomic E-state index is 0.0620. The Bertz CT molecular complexity index is 1280. The van der Waals surface area contributed by atoms with E-state index in [0.717, 1.165) is 18.4 Å². The molecule has 0 bridgehead atoms. The molecule has 2 aromatic heterocycles. The predicted molar refractivity (Wildman–Crippen MR) is 124 cm³/mol. The van der Waals surface area contributed by atoms with Crippen LogP contribution in [0.1, 0.15) is 44.9 Å². The Labute approximate surface area is 187 Å². The molecule has 1 aliphatic heterocycles. The number of hydrogen-bond acceptors (Lipinski definition) is 4. The highest BCUT2D eigenvalue weighted by molar-refractivity contribution is 7.92. The van der Waals surface area contributed by atoms with Crippen LogP contribution in [-0.2, 0) is 20.2 Å². The van der Waals surface area contributed by atoms with Crippen molar-refractivity contribution < 1.29 is 13.2 Å². The number of aromatic nitrogens is 2. The maximum Gasteiger partial charge on any atom is 0.263 e. The molecule has 0 radical (unpaired) electrons. The molecule has 1 aromatic carbocycles. The molecule has 162 valence electrons. The largest absolute Gasteiger partial charge is 0.463 e. The minimum Gasteiger partial charge on any atom is -0.463 e. The van der Waals surface area contributed by atoms with Crippen molar-refractivity contribution in [3.63, 3.8) is 0 Å². The molecular formula is C23H24ClN3O3S. The quantitative estimate of drug-likeness (QED) is 0.541. The lowest BCUT2D eigenvalue weighted by atomic mass is 9.87. The van der Waals surface area contributed by atoms with Crippen molar-refractivity contribution in [3.8, 4) is 0 Å². The van der Waals surface area contributed by atoms with Gasteiger partial charge < -0.3 is 4.74 Å². The van der Waals surface area contributed by atoms with Gasteiger partial charge in [-0.15, -0.1) is 0 Å². The number of nitrogens with zero attached hydrogens (tertiary/aromatic N) is 2. The Morgan fingerprint density at radius 3 is 2.55 bits per heavy atom. The maximum atomic E-state index is 13.0. The van der Waals surface area contributed by atoms with Crippen molar-refractivity contribution in [2.75, 3.05) is 4.72 Å². The Morgan fingerprint density at radius 1 is 1.10 bits per heavy atom. The van der Waals surface area contributed by atoms with Crippen molar-refractivity contribution in [2.45, 2.75) is 43.9 Å². The number of sulfonamides is 1. The average molecular weight is 458 g/mol. The Balaban J connectivity index is 1.70. The summed E-state index contributed by atoms with van der Waals surface area (Å²) < 4.78 is 35.8. The number of halogens is 1. The highest BCUT2D eigenvalue weighted by atomic mass is 35.5. The van der Waals surface area contributed by atoms with Gasteiger partial charge in [0.05, 0.1) is 21.7 Å². The molecule has 0 aliphatic carbocycles. The molecule has 3 heterocycles. The van der Waals surface area contributed by atoms with Crippen LogP contribution in [0.4, 0.5) is 5.82 Å². The molecular weight excluding hydrogens is 434 g/mol. The van der Waals surface area contributed by atoms with E-state index in [-0.39, 0.29) is 16.1 Å². The van der Waals surface area contributed by atoms with Gasteiger partial charge in [0.25, 0.3) is 10.0 Å². The van der Waals surface area contributed by atoms with E-state index in [1.165, 1.54) is 4.52 Å². The second-order valence-corrected chi connectivity index (χ2v) is 10.5. The van der Waals surface area contributed by atoms with Crippen LogP contribution >= 0.6 is 11.6 Å². The molecule has 8 heteroatoms. The standard InChI is InChI=1S/C23H24ClN3O3S/c1-23(2,3)16-8-10-17(11-9-16)31(28,29)26-22-13-12-18(24)20-15-19(25-27(20)22)21-7-5-4-6-14-30-21/h6-15,26H,4-5H2,1-3H3. The van der Waals surface area contributed by atoms with E-state index >= 15 is 0 Å². The fourth-order valence-corrected chi connectivity index (χ4v) is 4.52. The van der Waals surface area contributed by atoms with Crippen LogP contribution in [0, 0.1) is 0 Å². The molecule has 31 heavy (non-hydrogen) atoms. The number of ether oxygens (including phenoxy) is 1. The monoisotopic (exact) mass is 457 g/mol. The topological polar surface area (TPSA) is 72.7 Å². The zero-order chi connectivity index (χ0) is 22.2. The first-order valence-electron chi connectivity index (χ1n) is 9.99. The lowest BCUT2D eigenvalue weighted by molar-refractivity contribution is 0.434. The number of allylic oxidation sites excluding steroid dienone is 2. The Kier molecular flexibility index (Phi) is 5.58. The smallest absolute Gasteiger partial charge is 0.263 e. The SMILES string of the molecule is CC(C)(C)c1ccc(S(=O)(=O)Nc2ccc(Cl)c3cc(C4=CCCC=CO4)nn23)cc1. The van der Waals surface area contributed by atoms with E-state index in [9.17, 15) is 8.42 Å². The zero-order valence-electron chi connectivity index (χ0n) is 17.6. The van der Waals surface area contributed by atoms with Crippen LogP contribution in [0.25, 0.3) is 11.3 Å². The second kappa shape index (κ2) is 8.05. The van der Waals surface area contributed by atoms with E-state index in [0.29, 0.717) is 22.0 Å². The van der Waals surface area contributed by atoms with Gasteiger partial charge in [-0.05, 0) is 66.3 Å². The summed E-state index contributed by atoms with van der Waals surface area (Å²) in [4.78, 5) is 0.177. The van der Waals surface area contributed by atoms with E-state index in [1.54, 1.807) is 36.6 Å². The molecule has 4 rings (SSSR count). The summed E-state index contributed by atoms with van der Waals surface area (Å²) in [7, 11) is -3.81. The summed E-state index contributed by atoms with van der Waals surface area (Å²) in [5, 5.41) is 5.00. The van der Waals surface area contributed by atoms with Crippen LogP contribution < -0.4 is 4.72 Å². The average Bonchev–Trinajstić information content (AvgIpc) is 2.99. The lowest BCUT2D eigenvalue weighted by Gasteiger charge is -2.19. The fourth-order valence-electron chi connectivity index (χ4n) is 3.28. The molecule has 3 aromatic rings. The van der Waals surface area contributed by atoms with Crippen molar-refractivity contribution in [1.29, 1.82) is 0 Å². The van der Waals surface area contributed by atoms with Gasteiger partial charge >= 0.3 is 0 Å². The number of anilines is 1. The molecule has 0 atom stereocenters. The zero-order valence-corrected chi connectivity index (χ0v) is 19.2. The van der Waals surface area contributed by atoms with Crippen molar-refractivity contribution in [3.05, 3.63) is 77.2 Å². The van der Waals surface area contributed by atoms with Crippen molar-refractivity contribution >= 4 is 38.7 Å². The van der Waals surface area contributed by atoms with Gasteiger partial charge in [0.1, 0.15) is 17.3 Å². The first kappa shape index (κ1) is 21.5. The van der Waals surface area contributed by atoms with Gasteiger partial charge in [0, 0.05) is 0 Å². The summed E-state index contributed by atoms with van der Waals surface area (Å²) in [6, 6.07) is 11.9. The van der Waals surface area contributed by atoms with Gasteiger partial charge in [0.2, 0.25) is 0 Å². The van der Waals surface area contributed by atoms with Crippen LogP contribution in [0.5, 0.6) is 0 Å². The van der Waals surface area contributed by atoms with Crippen LogP contribution in [-0.4, -0.2) is 18.0 Å². The van der Waals surface area contributed by atoms with E-state index < -0.39 is 10.0 Å². The van der Waals surface area contributed by atoms with E-state index in [2.05, 4.69) is 30.6 Å². The van der Waals surface area contributed by atoms with Crippen molar-refractivity contribution in [2.24, 2.45) is 0 Å². The summed E-state index contributed by atoms with van der Waals surface area (Å²) in [6.07, 6.45) is 7.25. The molecule has 0 amide bonds. The van der Waals surface area contributed by atoms with Crippen LogP contribution in [0.2, 0.25) is 5.02 Å². The predicted octanol–water partition coefficient (Wildman–Crippen LogP) is 5.75. The molecule has 0 spiro atoms. The molecule has 0 saturated carbocycles. The number of fused-ring (bicyclic) bond motifs is 1. The highest BCUT2D eigenvalue weighted by Gasteiger charge is 2.20. The third-order valence-electron chi connectivity index (χ3n) is 5.05. The minimum atomic E-state index is -3.81. The summed E-state index contributed by atoms with van der Waals surface area (Å²) in [5.41, 5.74) is 2.16. The van der Waals surface area contributed by atoms with Gasteiger partial charge in [-0.1, -0.05) is 44.5 Å². The third kappa shape index (κ3) is 4.48. The Morgan fingerprint density at radius 2 is 1.84 bits per heavy atom. The molecule has 0 saturated heterocycles. The first-order valence-corrected chi connectivity index (χ1v) is 11.9. The maximum absolute atomic E-state index is 13.0. The third-order valence-corrected chi connectivity index (χ3v) is 6.74. The fraction of sp³-hybridized carbons (Fsp3) is 0.261. The van der Waals surface area contributed by atoms with Crippen molar-refractivity contribution in [1.82, 2.24) is 9.61 Å². The number of hydrogen-bond donors (Lipinski definition) is 1. The molecule has 1 N–H and O–H groups in total. The molecule has 1 aliphatic rings. The lowest BCUT2D eigenvalue weighted by Crippen LogP contribution is -2.16. The summed E-state index contributed by atoms with van der Waals surface area (Å²) in [6.45, 7) is 6.24. The first-order chi connectivity index (χ1) is 14.6. The van der Waals surface area contributed by atoms with Gasteiger partial charge in [-0.25, -0.2) is 12.9 Å². The van der Waals surface area contributed by atoms with E-state index in [1.807, 2.05) is 24.3 Å². The molecule has 0 fully saturated rings. The number of benzene rings is 1. The van der Waals surface area contributed by atoms with Gasteiger partial charge in [-0.2, -0.15) is 5.10 Å². The summed E-state index contributed by atoms with van der Waals surface area (Å²) >= 11 is 6.35. The van der Waals surface area contributed by atoms with Crippen LogP contribution in [0.3, 0.4) is 0 Å². The highest BCUT2D eigenvalue weighted by Crippen LogP contribution is 2.29. The summed E-state index contributed by atoms with van der Waals surface area (Å²) in [5.74, 6) is 0.899.